The molecule has 3 saturated heterocycles. The Bertz CT molecular complexity index is 1500. The maximum Gasteiger partial charge on any atom is 0.223 e. The molecule has 6 rings (SSSR count). The average Bonchev–Trinajstić information content (AvgIpc) is 3.36. The number of nitrogens with zero attached hydrogens (tertiary/aromatic N) is 4. The Labute approximate surface area is 239 Å². The number of morpholine rings is 1. The largest absolute Gasteiger partial charge is 0.388 e. The predicted molar refractivity (Wildman–Crippen MR) is 156 cm³/mol. The fourth-order valence-corrected chi connectivity index (χ4v) is 6.82. The highest BCUT2D eigenvalue weighted by Gasteiger charge is 2.42. The van der Waals surface area contributed by atoms with Crippen LogP contribution in [0.1, 0.15) is 64.3 Å². The predicted octanol–water partition coefficient (Wildman–Crippen LogP) is 4.19. The van der Waals surface area contributed by atoms with E-state index in [1.54, 1.807) is 12.1 Å². The molecule has 3 fully saturated rings. The second-order valence-electron chi connectivity index (χ2n) is 12.2. The van der Waals surface area contributed by atoms with Gasteiger partial charge in [0.15, 0.2) is 11.2 Å². The second kappa shape index (κ2) is 11.1. The summed E-state index contributed by atoms with van der Waals surface area (Å²) in [5.74, 6) is -0.294. The highest BCUT2D eigenvalue weighted by molar-refractivity contribution is 5.85. The summed E-state index contributed by atoms with van der Waals surface area (Å²) in [6.45, 7) is 12.3. The molecule has 2 aromatic heterocycles. The van der Waals surface area contributed by atoms with Crippen LogP contribution in [0.5, 0.6) is 0 Å². The number of aliphatic hydroxyl groups excluding tert-OH is 1. The molecule has 5 heterocycles. The summed E-state index contributed by atoms with van der Waals surface area (Å²) in [5.41, 5.74) is 3.14. The van der Waals surface area contributed by atoms with Crippen molar-refractivity contribution in [3.8, 4) is 11.3 Å². The molecule has 3 aromatic rings. The van der Waals surface area contributed by atoms with Crippen LogP contribution in [-0.2, 0) is 16.0 Å². The van der Waals surface area contributed by atoms with Gasteiger partial charge in [0, 0.05) is 46.9 Å². The molecule has 0 radical (unpaired) electrons. The van der Waals surface area contributed by atoms with Crippen LogP contribution in [0, 0.1) is 12.7 Å². The monoisotopic (exact) mass is 565 g/mol. The van der Waals surface area contributed by atoms with E-state index in [9.17, 15) is 9.90 Å². The summed E-state index contributed by atoms with van der Waals surface area (Å²) in [6, 6.07) is 5.63. The lowest BCUT2D eigenvalue weighted by atomic mass is 10.0. The molecular formula is C31H40FN5O4. The molecule has 0 aliphatic carbocycles. The first-order valence-electron chi connectivity index (χ1n) is 14.8. The van der Waals surface area contributed by atoms with E-state index in [-0.39, 0.29) is 53.4 Å². The minimum atomic E-state index is -0.675. The van der Waals surface area contributed by atoms with Gasteiger partial charge in [0.05, 0.1) is 43.2 Å². The van der Waals surface area contributed by atoms with Gasteiger partial charge in [-0.2, -0.15) is 0 Å². The number of fused-ring (bicyclic) bond motifs is 3. The summed E-state index contributed by atoms with van der Waals surface area (Å²) in [4.78, 5) is 24.7. The van der Waals surface area contributed by atoms with E-state index in [4.69, 9.17) is 9.47 Å². The molecule has 0 saturated carbocycles. The number of pyridine rings is 1. The third kappa shape index (κ3) is 5.16. The van der Waals surface area contributed by atoms with Gasteiger partial charge < -0.3 is 24.5 Å². The van der Waals surface area contributed by atoms with Gasteiger partial charge in [-0.25, -0.2) is 14.4 Å². The smallest absolute Gasteiger partial charge is 0.223 e. The van der Waals surface area contributed by atoms with Crippen molar-refractivity contribution in [1.29, 1.82) is 0 Å². The van der Waals surface area contributed by atoms with Gasteiger partial charge in [-0.1, -0.05) is 6.07 Å². The highest BCUT2D eigenvalue weighted by atomic mass is 19.1. The quantitative estimate of drug-likeness (QED) is 0.459. The molecule has 220 valence electrons. The number of rotatable bonds is 6. The minimum absolute atomic E-state index is 0.0133. The minimum Gasteiger partial charge on any atom is -0.388 e. The fraction of sp³-hybridized carbons (Fsp3) is 0.581. The summed E-state index contributed by atoms with van der Waals surface area (Å²) in [7, 11) is 0. The SMILES string of the molecule is Cc1c(CN2[C@@H](C)COC[C@@H]2C)n(C(C)C)c2cc(-c3nc(N[C@@H]4C[C@H]5CC[C@H](O5)[C@H]4O)ncc3F)ccc2c1=O. The molecule has 0 spiro atoms. The molecule has 3 aliphatic rings. The van der Waals surface area contributed by atoms with Crippen LogP contribution in [0.25, 0.3) is 22.2 Å². The Hall–Kier alpha value is -2.92. The van der Waals surface area contributed by atoms with Gasteiger partial charge in [0.2, 0.25) is 5.95 Å². The Kier molecular flexibility index (Phi) is 7.61. The number of aromatic nitrogens is 3. The van der Waals surface area contributed by atoms with E-state index in [1.807, 2.05) is 13.0 Å². The zero-order valence-electron chi connectivity index (χ0n) is 24.4. The number of aliphatic hydroxyl groups is 1. The maximum absolute atomic E-state index is 15.2. The number of ether oxygens (including phenoxy) is 2. The molecule has 9 nitrogen and oxygen atoms in total. The van der Waals surface area contributed by atoms with Crippen LogP contribution < -0.4 is 10.7 Å². The van der Waals surface area contributed by atoms with Gasteiger partial charge >= 0.3 is 0 Å². The number of hydrogen-bond donors (Lipinski definition) is 2. The highest BCUT2D eigenvalue weighted by Crippen LogP contribution is 2.34. The Morgan fingerprint density at radius 1 is 1.20 bits per heavy atom. The molecule has 41 heavy (non-hydrogen) atoms. The lowest BCUT2D eigenvalue weighted by Crippen LogP contribution is -2.49. The molecular weight excluding hydrogens is 525 g/mol. The Morgan fingerprint density at radius 3 is 2.68 bits per heavy atom. The van der Waals surface area contributed by atoms with E-state index in [2.05, 4.69) is 52.4 Å². The molecule has 2 bridgehead atoms. The maximum atomic E-state index is 15.2. The zero-order chi connectivity index (χ0) is 29.0. The third-order valence-corrected chi connectivity index (χ3v) is 9.05. The number of benzene rings is 1. The van der Waals surface area contributed by atoms with Crippen molar-refractivity contribution in [2.45, 2.75) is 103 Å². The lowest BCUT2D eigenvalue weighted by molar-refractivity contribution is -0.0811. The summed E-state index contributed by atoms with van der Waals surface area (Å²) >= 11 is 0. The van der Waals surface area contributed by atoms with E-state index in [0.717, 1.165) is 35.8 Å². The van der Waals surface area contributed by atoms with Crippen LogP contribution in [0.15, 0.2) is 29.2 Å². The van der Waals surface area contributed by atoms with Gasteiger partial charge in [-0.05, 0) is 66.0 Å². The van der Waals surface area contributed by atoms with Gasteiger partial charge in [-0.15, -0.1) is 0 Å². The van der Waals surface area contributed by atoms with Crippen LogP contribution in [-0.4, -0.2) is 74.2 Å². The number of hydrogen-bond acceptors (Lipinski definition) is 8. The first kappa shape index (κ1) is 28.2. The molecule has 6 atom stereocenters. The Morgan fingerprint density at radius 2 is 1.95 bits per heavy atom. The van der Waals surface area contributed by atoms with Crippen LogP contribution in [0.2, 0.25) is 0 Å². The van der Waals surface area contributed by atoms with E-state index < -0.39 is 11.9 Å². The van der Waals surface area contributed by atoms with Crippen molar-refractivity contribution in [3.05, 3.63) is 51.7 Å². The lowest BCUT2D eigenvalue weighted by Gasteiger charge is -2.39. The van der Waals surface area contributed by atoms with Gasteiger partial charge in [0.25, 0.3) is 0 Å². The van der Waals surface area contributed by atoms with Crippen molar-refractivity contribution < 1.29 is 19.0 Å². The molecule has 0 unspecified atom stereocenters. The van der Waals surface area contributed by atoms with Crippen molar-refractivity contribution in [2.75, 3.05) is 18.5 Å². The topological polar surface area (TPSA) is 102 Å². The molecule has 10 heteroatoms. The van der Waals surface area contributed by atoms with Crippen molar-refractivity contribution >= 4 is 16.9 Å². The summed E-state index contributed by atoms with van der Waals surface area (Å²) in [5, 5.41) is 14.5. The first-order chi connectivity index (χ1) is 19.6. The van der Waals surface area contributed by atoms with Crippen molar-refractivity contribution in [2.24, 2.45) is 0 Å². The molecule has 3 aliphatic heterocycles. The van der Waals surface area contributed by atoms with Crippen LogP contribution in [0.4, 0.5) is 10.3 Å². The van der Waals surface area contributed by atoms with Crippen LogP contribution >= 0.6 is 0 Å². The van der Waals surface area contributed by atoms with E-state index in [0.29, 0.717) is 37.1 Å². The van der Waals surface area contributed by atoms with Crippen molar-refractivity contribution in [1.82, 2.24) is 19.4 Å². The standard InChI is InChI=1S/C31H40FN5O4/c1-16(2)37-25-10-20(6-8-22(25)29(38)19(5)26(37)13-36-17(3)14-40-15-18(36)4)28-23(32)12-33-31(35-28)34-24-11-21-7-9-27(41-21)30(24)39/h6,8,10,12,16-18,21,24,27,30,39H,7,9,11,13-15H2,1-5H3,(H,33,34,35)/t17-,18-,21+,24+,27-,30-/m0/s1. The summed E-state index contributed by atoms with van der Waals surface area (Å²) < 4.78 is 29.0. The molecule has 1 aromatic carbocycles. The average molecular weight is 566 g/mol. The molecule has 2 N–H and O–H groups in total. The number of halogens is 1. The van der Waals surface area contributed by atoms with Crippen LogP contribution in [0.3, 0.4) is 0 Å². The van der Waals surface area contributed by atoms with E-state index >= 15 is 4.39 Å². The van der Waals surface area contributed by atoms with Gasteiger partial charge in [-0.3, -0.25) is 9.69 Å². The normalized spacial score (nSPS) is 28.5. The molecule has 0 amide bonds. The van der Waals surface area contributed by atoms with E-state index in [1.165, 1.54) is 0 Å². The summed E-state index contributed by atoms with van der Waals surface area (Å²) in [6.07, 6.45) is 2.80. The van der Waals surface area contributed by atoms with Crippen molar-refractivity contribution in [3.63, 3.8) is 0 Å². The number of nitrogens with one attached hydrogen (secondary N) is 1. The second-order valence-corrected chi connectivity index (χ2v) is 12.2. The third-order valence-electron chi connectivity index (χ3n) is 9.05. The Balaban J connectivity index is 1.40. The zero-order valence-corrected chi connectivity index (χ0v) is 24.4. The fourth-order valence-electron chi connectivity index (χ4n) is 6.82. The number of anilines is 1. The first-order valence-corrected chi connectivity index (χ1v) is 14.8. The van der Waals surface area contributed by atoms with Gasteiger partial charge in [0.1, 0.15) is 11.8 Å².